The summed E-state index contributed by atoms with van der Waals surface area (Å²) in [6, 6.07) is -0.837. The van der Waals surface area contributed by atoms with Crippen LogP contribution in [0.4, 0.5) is 4.79 Å². The van der Waals surface area contributed by atoms with Crippen molar-refractivity contribution in [3.8, 4) is 0 Å². The summed E-state index contributed by atoms with van der Waals surface area (Å²) in [5, 5.41) is 7.68. The average molecular weight is 258 g/mol. The molecule has 0 bridgehead atoms. The first-order chi connectivity index (χ1) is 8.54. The summed E-state index contributed by atoms with van der Waals surface area (Å²) in [5.41, 5.74) is 0. The van der Waals surface area contributed by atoms with E-state index in [1.165, 1.54) is 7.05 Å². The molecule has 0 fully saturated rings. The lowest BCUT2D eigenvalue weighted by molar-refractivity contribution is -0.121. The molecule has 0 aromatic rings. The van der Waals surface area contributed by atoms with Gasteiger partial charge in [0.1, 0.15) is 0 Å². The highest BCUT2D eigenvalue weighted by Gasteiger charge is 2.13. The molecule has 0 radical (unpaired) electrons. The maximum atomic E-state index is 11.5. The van der Waals surface area contributed by atoms with Crippen molar-refractivity contribution in [1.29, 1.82) is 0 Å². The minimum Gasteiger partial charge on any atom is -0.341 e. The summed E-state index contributed by atoms with van der Waals surface area (Å²) in [7, 11) is 1.48. The molecule has 0 aliphatic carbocycles. The Balaban J connectivity index is 3.72. The lowest BCUT2D eigenvalue weighted by Crippen LogP contribution is -2.47. The summed E-state index contributed by atoms with van der Waals surface area (Å²) in [6.45, 7) is 9.89. The molecule has 0 heterocycles. The Hall–Kier alpha value is -1.14. The molecule has 0 saturated carbocycles. The Morgan fingerprint density at radius 1 is 1.22 bits per heavy atom. The van der Waals surface area contributed by atoms with Crippen LogP contribution in [-0.2, 0) is 4.79 Å². The summed E-state index contributed by atoms with van der Waals surface area (Å²) < 4.78 is 0. The Morgan fingerprint density at radius 3 is 2.33 bits per heavy atom. The van der Waals surface area contributed by atoms with Gasteiger partial charge in [0.25, 0.3) is 0 Å². The fourth-order valence-electron chi connectivity index (χ4n) is 1.54. The SMILES string of the molecule is CCN(CC)CCCNC(C)C(=O)NC(=O)NC. The molecule has 1 unspecified atom stereocenters. The van der Waals surface area contributed by atoms with E-state index in [0.717, 1.165) is 32.6 Å². The van der Waals surface area contributed by atoms with E-state index in [2.05, 4.69) is 34.7 Å². The summed E-state index contributed by atoms with van der Waals surface area (Å²) in [6.07, 6.45) is 0.985. The molecule has 3 amide bonds. The number of urea groups is 1. The van der Waals surface area contributed by atoms with Gasteiger partial charge in [0, 0.05) is 7.05 Å². The van der Waals surface area contributed by atoms with Gasteiger partial charge in [0.15, 0.2) is 0 Å². The second-order valence-corrected chi connectivity index (χ2v) is 4.12. The van der Waals surface area contributed by atoms with Crippen LogP contribution in [0.2, 0.25) is 0 Å². The van der Waals surface area contributed by atoms with Crippen LogP contribution < -0.4 is 16.0 Å². The first kappa shape index (κ1) is 16.9. The zero-order valence-electron chi connectivity index (χ0n) is 11.9. The second kappa shape index (κ2) is 9.85. The van der Waals surface area contributed by atoms with Gasteiger partial charge in [0.2, 0.25) is 5.91 Å². The molecule has 0 aliphatic rings. The summed E-state index contributed by atoms with van der Waals surface area (Å²) >= 11 is 0. The van der Waals surface area contributed by atoms with E-state index >= 15 is 0 Å². The smallest absolute Gasteiger partial charge is 0.321 e. The quantitative estimate of drug-likeness (QED) is 0.542. The predicted octanol–water partition coefficient (Wildman–Crippen LogP) is 0.152. The number of imide groups is 1. The topological polar surface area (TPSA) is 73.5 Å². The Morgan fingerprint density at radius 2 is 1.83 bits per heavy atom. The van der Waals surface area contributed by atoms with Crippen LogP contribution in [0.25, 0.3) is 0 Å². The van der Waals surface area contributed by atoms with E-state index in [0.29, 0.717) is 0 Å². The van der Waals surface area contributed by atoms with Crippen LogP contribution >= 0.6 is 0 Å². The van der Waals surface area contributed by atoms with Crippen molar-refractivity contribution in [2.75, 3.05) is 33.2 Å². The molecule has 6 nitrogen and oxygen atoms in total. The molecule has 1 atom stereocenters. The molecule has 106 valence electrons. The molecular formula is C12H26N4O2. The van der Waals surface area contributed by atoms with Gasteiger partial charge in [-0.25, -0.2) is 4.79 Å². The largest absolute Gasteiger partial charge is 0.341 e. The van der Waals surface area contributed by atoms with Gasteiger partial charge >= 0.3 is 6.03 Å². The number of rotatable bonds is 8. The monoisotopic (exact) mass is 258 g/mol. The highest BCUT2D eigenvalue weighted by Crippen LogP contribution is 1.90. The third-order valence-electron chi connectivity index (χ3n) is 2.85. The van der Waals surface area contributed by atoms with E-state index < -0.39 is 6.03 Å². The van der Waals surface area contributed by atoms with Gasteiger partial charge in [-0.05, 0) is 39.5 Å². The zero-order chi connectivity index (χ0) is 14.0. The number of hydrogen-bond acceptors (Lipinski definition) is 4. The first-order valence-corrected chi connectivity index (χ1v) is 6.53. The highest BCUT2D eigenvalue weighted by molar-refractivity contribution is 5.96. The molecule has 18 heavy (non-hydrogen) atoms. The predicted molar refractivity (Wildman–Crippen MR) is 72.5 cm³/mol. The summed E-state index contributed by atoms with van der Waals surface area (Å²) in [4.78, 5) is 24.8. The number of hydrogen-bond donors (Lipinski definition) is 3. The number of nitrogens with zero attached hydrogens (tertiary/aromatic N) is 1. The van der Waals surface area contributed by atoms with Crippen molar-refractivity contribution in [3.05, 3.63) is 0 Å². The molecule has 0 rings (SSSR count). The van der Waals surface area contributed by atoms with Crippen molar-refractivity contribution in [2.45, 2.75) is 33.2 Å². The standard InChI is InChI=1S/C12H26N4O2/c1-5-16(6-2)9-7-8-14-10(3)11(17)15-12(18)13-4/h10,14H,5-9H2,1-4H3,(H2,13,15,17,18). The maximum Gasteiger partial charge on any atom is 0.321 e. The van der Waals surface area contributed by atoms with E-state index in [9.17, 15) is 9.59 Å². The van der Waals surface area contributed by atoms with Gasteiger partial charge < -0.3 is 15.5 Å². The van der Waals surface area contributed by atoms with Crippen LogP contribution in [0.15, 0.2) is 0 Å². The molecule has 0 aromatic carbocycles. The fourth-order valence-corrected chi connectivity index (χ4v) is 1.54. The van der Waals surface area contributed by atoms with Crippen molar-refractivity contribution in [2.24, 2.45) is 0 Å². The zero-order valence-corrected chi connectivity index (χ0v) is 11.9. The Labute approximate surface area is 109 Å². The summed E-state index contributed by atoms with van der Waals surface area (Å²) in [5.74, 6) is -0.308. The molecule has 3 N–H and O–H groups in total. The number of nitrogens with one attached hydrogen (secondary N) is 3. The lowest BCUT2D eigenvalue weighted by Gasteiger charge is -2.18. The van der Waals surface area contributed by atoms with E-state index in [-0.39, 0.29) is 11.9 Å². The second-order valence-electron chi connectivity index (χ2n) is 4.12. The third-order valence-corrected chi connectivity index (χ3v) is 2.85. The maximum absolute atomic E-state index is 11.5. The Kier molecular flexibility index (Phi) is 9.22. The van der Waals surface area contributed by atoms with Gasteiger partial charge in [-0.2, -0.15) is 0 Å². The number of carbonyl (C=O) groups excluding carboxylic acids is 2. The third kappa shape index (κ3) is 7.24. The van der Waals surface area contributed by atoms with Crippen molar-refractivity contribution < 1.29 is 9.59 Å². The normalized spacial score (nSPS) is 12.3. The molecule has 6 heteroatoms. The van der Waals surface area contributed by atoms with E-state index in [4.69, 9.17) is 0 Å². The molecule has 0 aromatic heterocycles. The van der Waals surface area contributed by atoms with Gasteiger partial charge in [-0.1, -0.05) is 13.8 Å². The van der Waals surface area contributed by atoms with Crippen LogP contribution in [0.5, 0.6) is 0 Å². The van der Waals surface area contributed by atoms with E-state index in [1.54, 1.807) is 6.92 Å². The van der Waals surface area contributed by atoms with Crippen LogP contribution in [0.1, 0.15) is 27.2 Å². The van der Waals surface area contributed by atoms with Crippen molar-refractivity contribution in [3.63, 3.8) is 0 Å². The van der Waals surface area contributed by atoms with E-state index in [1.807, 2.05) is 0 Å². The molecular weight excluding hydrogens is 232 g/mol. The fraction of sp³-hybridized carbons (Fsp3) is 0.833. The number of carbonyl (C=O) groups is 2. The highest BCUT2D eigenvalue weighted by atomic mass is 16.2. The minimum atomic E-state index is -0.475. The van der Waals surface area contributed by atoms with Crippen LogP contribution in [-0.4, -0.2) is 56.1 Å². The minimum absolute atomic E-state index is 0.308. The van der Waals surface area contributed by atoms with Crippen molar-refractivity contribution in [1.82, 2.24) is 20.9 Å². The van der Waals surface area contributed by atoms with Crippen molar-refractivity contribution >= 4 is 11.9 Å². The number of amides is 3. The molecule has 0 aliphatic heterocycles. The van der Waals surface area contributed by atoms with Crippen LogP contribution in [0.3, 0.4) is 0 Å². The molecule has 0 saturated heterocycles. The average Bonchev–Trinajstić information content (AvgIpc) is 2.38. The van der Waals surface area contributed by atoms with Gasteiger partial charge in [-0.3, -0.25) is 10.1 Å². The first-order valence-electron chi connectivity index (χ1n) is 6.53. The lowest BCUT2D eigenvalue weighted by atomic mass is 10.3. The Bertz CT molecular complexity index is 254. The van der Waals surface area contributed by atoms with Gasteiger partial charge in [-0.15, -0.1) is 0 Å². The van der Waals surface area contributed by atoms with Gasteiger partial charge in [0.05, 0.1) is 6.04 Å². The van der Waals surface area contributed by atoms with Crippen LogP contribution in [0, 0.1) is 0 Å². The molecule has 0 spiro atoms.